The summed E-state index contributed by atoms with van der Waals surface area (Å²) in [6.45, 7) is 0.0929. The molecule has 0 amide bonds. The summed E-state index contributed by atoms with van der Waals surface area (Å²) in [5, 5.41) is 12.9. The lowest BCUT2D eigenvalue weighted by atomic mass is 10.0. The minimum Gasteiger partial charge on any atom is -0.490 e. The van der Waals surface area contributed by atoms with Gasteiger partial charge < -0.3 is 19.4 Å². The maximum atomic E-state index is 10.6. The molecule has 0 saturated heterocycles. The number of pyridine rings is 1. The van der Waals surface area contributed by atoms with Crippen LogP contribution >= 0.6 is 0 Å². The Bertz CT molecular complexity index is 904. The van der Waals surface area contributed by atoms with Crippen molar-refractivity contribution in [2.75, 3.05) is 19.8 Å². The van der Waals surface area contributed by atoms with Crippen molar-refractivity contribution in [3.05, 3.63) is 90.3 Å². The van der Waals surface area contributed by atoms with Gasteiger partial charge in [0.1, 0.15) is 23.8 Å². The van der Waals surface area contributed by atoms with Crippen LogP contribution in [0.1, 0.15) is 11.1 Å². The van der Waals surface area contributed by atoms with E-state index in [4.69, 9.17) is 19.4 Å². The van der Waals surface area contributed by atoms with Crippen LogP contribution in [0, 0.1) is 0 Å². The van der Waals surface area contributed by atoms with Crippen molar-refractivity contribution < 1.29 is 24.2 Å². The summed E-state index contributed by atoms with van der Waals surface area (Å²) in [6.07, 6.45) is 3.43. The highest BCUT2D eigenvalue weighted by atomic mass is 16.6. The average molecular weight is 392 g/mol. The molecule has 0 fully saturated rings. The SMILES string of the molecule is O=C(O)COc1cccc(OCCON=C(c2ccccc2)c2cccnc2)c1. The Hall–Kier alpha value is -3.87. The third-order valence-electron chi connectivity index (χ3n) is 3.75. The number of benzene rings is 2. The molecule has 0 radical (unpaired) electrons. The Balaban J connectivity index is 1.57. The lowest BCUT2D eigenvalue weighted by Gasteiger charge is -2.09. The average Bonchev–Trinajstić information content (AvgIpc) is 2.76. The molecule has 1 heterocycles. The van der Waals surface area contributed by atoms with Gasteiger partial charge >= 0.3 is 5.97 Å². The third kappa shape index (κ3) is 6.35. The summed E-state index contributed by atoms with van der Waals surface area (Å²) in [4.78, 5) is 20.2. The monoisotopic (exact) mass is 392 g/mol. The summed E-state index contributed by atoms with van der Waals surface area (Å²) >= 11 is 0. The van der Waals surface area contributed by atoms with Crippen molar-refractivity contribution in [2.45, 2.75) is 0 Å². The standard InChI is InChI=1S/C22H20N2O5/c25-21(26)16-28-20-10-4-9-19(14-20)27-12-13-29-24-22(17-6-2-1-3-7-17)18-8-5-11-23-15-18/h1-11,14-15H,12-13,16H2,(H,25,26). The van der Waals surface area contributed by atoms with E-state index in [0.717, 1.165) is 11.1 Å². The van der Waals surface area contributed by atoms with Crippen molar-refractivity contribution in [1.82, 2.24) is 4.98 Å². The molecule has 1 aromatic heterocycles. The Labute approximate surface area is 168 Å². The van der Waals surface area contributed by atoms with E-state index in [9.17, 15) is 4.79 Å². The van der Waals surface area contributed by atoms with Crippen LogP contribution in [-0.2, 0) is 9.63 Å². The molecule has 7 nitrogen and oxygen atoms in total. The molecule has 0 aliphatic carbocycles. The van der Waals surface area contributed by atoms with Gasteiger partial charge in [0.25, 0.3) is 0 Å². The van der Waals surface area contributed by atoms with Crippen LogP contribution in [0.15, 0.2) is 84.3 Å². The molecule has 29 heavy (non-hydrogen) atoms. The van der Waals surface area contributed by atoms with E-state index < -0.39 is 12.6 Å². The molecule has 0 aliphatic heterocycles. The molecule has 3 aromatic rings. The van der Waals surface area contributed by atoms with Gasteiger partial charge in [-0.3, -0.25) is 4.98 Å². The molecule has 0 aliphatic rings. The molecule has 0 saturated carbocycles. The molecule has 0 bridgehead atoms. The second kappa shape index (κ2) is 10.5. The summed E-state index contributed by atoms with van der Waals surface area (Å²) in [6, 6.07) is 20.2. The predicted molar refractivity (Wildman–Crippen MR) is 107 cm³/mol. The Morgan fingerprint density at radius 3 is 2.38 bits per heavy atom. The topological polar surface area (TPSA) is 90.2 Å². The maximum Gasteiger partial charge on any atom is 0.341 e. The number of aliphatic carboxylic acids is 1. The zero-order valence-electron chi connectivity index (χ0n) is 15.6. The molecule has 3 rings (SSSR count). The second-order valence-corrected chi connectivity index (χ2v) is 5.89. The van der Waals surface area contributed by atoms with Crippen molar-refractivity contribution >= 4 is 11.7 Å². The number of carbonyl (C=O) groups is 1. The summed E-state index contributed by atoms with van der Waals surface area (Å²) < 4.78 is 10.7. The fraction of sp³-hybridized carbons (Fsp3) is 0.136. The predicted octanol–water partition coefficient (Wildman–Crippen LogP) is 3.39. The van der Waals surface area contributed by atoms with Gasteiger partial charge in [-0.1, -0.05) is 41.6 Å². The van der Waals surface area contributed by atoms with E-state index in [-0.39, 0.29) is 13.2 Å². The fourth-order valence-corrected chi connectivity index (χ4v) is 2.48. The number of rotatable bonds is 10. The Morgan fingerprint density at radius 2 is 1.66 bits per heavy atom. The van der Waals surface area contributed by atoms with Gasteiger partial charge in [0.05, 0.1) is 0 Å². The van der Waals surface area contributed by atoms with Crippen LogP contribution in [0.4, 0.5) is 0 Å². The number of carboxylic acid groups (broad SMARTS) is 1. The van der Waals surface area contributed by atoms with E-state index in [1.165, 1.54) is 0 Å². The molecular formula is C22H20N2O5. The number of nitrogens with zero attached hydrogens (tertiary/aromatic N) is 2. The Kier molecular flexibility index (Phi) is 7.17. The van der Waals surface area contributed by atoms with E-state index in [2.05, 4.69) is 10.1 Å². The maximum absolute atomic E-state index is 10.6. The van der Waals surface area contributed by atoms with E-state index in [1.807, 2.05) is 42.5 Å². The van der Waals surface area contributed by atoms with Gasteiger partial charge in [0, 0.05) is 29.6 Å². The zero-order valence-corrected chi connectivity index (χ0v) is 15.6. The molecule has 2 aromatic carbocycles. The number of hydrogen-bond acceptors (Lipinski definition) is 6. The van der Waals surface area contributed by atoms with Crippen molar-refractivity contribution in [3.8, 4) is 11.5 Å². The van der Waals surface area contributed by atoms with Crippen LogP contribution < -0.4 is 9.47 Å². The van der Waals surface area contributed by atoms with Crippen molar-refractivity contribution in [2.24, 2.45) is 5.16 Å². The number of carboxylic acids is 1. The van der Waals surface area contributed by atoms with E-state index in [1.54, 1.807) is 36.7 Å². The zero-order chi connectivity index (χ0) is 20.3. The minimum atomic E-state index is -1.04. The van der Waals surface area contributed by atoms with Gasteiger partial charge in [-0.05, 0) is 24.3 Å². The fourth-order valence-electron chi connectivity index (χ4n) is 2.48. The summed E-state index contributed by atoms with van der Waals surface area (Å²) in [5.74, 6) is -0.0618. The lowest BCUT2D eigenvalue weighted by molar-refractivity contribution is -0.139. The number of ether oxygens (including phenoxy) is 2. The van der Waals surface area contributed by atoms with Crippen molar-refractivity contribution in [3.63, 3.8) is 0 Å². The van der Waals surface area contributed by atoms with E-state index >= 15 is 0 Å². The van der Waals surface area contributed by atoms with Gasteiger partial charge in [-0.25, -0.2) is 4.79 Å². The van der Waals surface area contributed by atoms with E-state index in [0.29, 0.717) is 17.2 Å². The van der Waals surface area contributed by atoms with Gasteiger partial charge in [-0.2, -0.15) is 0 Å². The number of oxime groups is 1. The molecule has 1 N–H and O–H groups in total. The van der Waals surface area contributed by atoms with Crippen LogP contribution in [0.25, 0.3) is 0 Å². The third-order valence-corrected chi connectivity index (χ3v) is 3.75. The molecule has 0 unspecified atom stereocenters. The van der Waals surface area contributed by atoms with Gasteiger partial charge in [0.2, 0.25) is 0 Å². The van der Waals surface area contributed by atoms with Crippen LogP contribution in [0.3, 0.4) is 0 Å². The number of hydrogen-bond donors (Lipinski definition) is 1. The first-order valence-electron chi connectivity index (χ1n) is 8.95. The first-order chi connectivity index (χ1) is 14.2. The highest BCUT2D eigenvalue weighted by molar-refractivity contribution is 6.12. The Morgan fingerprint density at radius 1 is 0.897 bits per heavy atom. The molecule has 7 heteroatoms. The lowest BCUT2D eigenvalue weighted by Crippen LogP contribution is -2.10. The van der Waals surface area contributed by atoms with Gasteiger partial charge in [-0.15, -0.1) is 0 Å². The smallest absolute Gasteiger partial charge is 0.341 e. The molecular weight excluding hydrogens is 372 g/mol. The van der Waals surface area contributed by atoms with Gasteiger partial charge in [0.15, 0.2) is 13.2 Å². The molecule has 148 valence electrons. The minimum absolute atomic E-state index is 0.233. The first-order valence-corrected chi connectivity index (χ1v) is 8.95. The highest BCUT2D eigenvalue weighted by Crippen LogP contribution is 2.19. The largest absolute Gasteiger partial charge is 0.490 e. The molecule has 0 spiro atoms. The second-order valence-electron chi connectivity index (χ2n) is 5.89. The van der Waals surface area contributed by atoms with Crippen LogP contribution in [-0.4, -0.2) is 41.6 Å². The number of aromatic nitrogens is 1. The summed E-state index contributed by atoms with van der Waals surface area (Å²) in [5.41, 5.74) is 2.45. The van der Waals surface area contributed by atoms with Crippen LogP contribution in [0.5, 0.6) is 11.5 Å². The molecule has 0 atom stereocenters. The van der Waals surface area contributed by atoms with Crippen LogP contribution in [0.2, 0.25) is 0 Å². The highest BCUT2D eigenvalue weighted by Gasteiger charge is 2.08. The normalized spacial score (nSPS) is 11.0. The summed E-state index contributed by atoms with van der Waals surface area (Å²) in [7, 11) is 0. The first kappa shape index (κ1) is 19.9. The van der Waals surface area contributed by atoms with Crippen molar-refractivity contribution in [1.29, 1.82) is 0 Å². The quantitative estimate of drug-likeness (QED) is 0.323.